The van der Waals surface area contributed by atoms with Gasteiger partial charge < -0.3 is 20.1 Å². The largest absolute Gasteiger partial charge is 0.484 e. The zero-order valence-corrected chi connectivity index (χ0v) is 17.0. The molecule has 0 bridgehead atoms. The monoisotopic (exact) mass is 402 g/mol. The van der Waals surface area contributed by atoms with Crippen molar-refractivity contribution in [2.24, 2.45) is 5.92 Å². The van der Waals surface area contributed by atoms with E-state index in [1.54, 1.807) is 12.1 Å². The molecular formula is C21H30N4O4. The van der Waals surface area contributed by atoms with Crippen molar-refractivity contribution in [2.75, 3.05) is 25.6 Å². The lowest BCUT2D eigenvalue weighted by molar-refractivity contribution is -0.116. The third-order valence-corrected chi connectivity index (χ3v) is 5.75. The summed E-state index contributed by atoms with van der Waals surface area (Å²) in [6, 6.07) is 3.35. The molecule has 2 fully saturated rings. The van der Waals surface area contributed by atoms with Gasteiger partial charge in [0.25, 0.3) is 5.91 Å². The minimum atomic E-state index is -0.130. The maximum absolute atomic E-state index is 12.6. The SMILES string of the molecule is COC(=N)CCCCC(=O)Nc1ccc(C(=O)NC2(C3CCOCC3)CC2)cn1. The molecule has 2 heterocycles. The molecule has 3 N–H and O–H groups in total. The zero-order valence-electron chi connectivity index (χ0n) is 17.0. The van der Waals surface area contributed by atoms with Crippen molar-refractivity contribution < 1.29 is 19.1 Å². The molecule has 0 unspecified atom stereocenters. The van der Waals surface area contributed by atoms with Gasteiger partial charge in [-0.15, -0.1) is 0 Å². The number of hydrogen-bond acceptors (Lipinski definition) is 6. The maximum atomic E-state index is 12.6. The highest BCUT2D eigenvalue weighted by molar-refractivity contribution is 5.95. The molecule has 0 aromatic carbocycles. The molecule has 0 atom stereocenters. The van der Waals surface area contributed by atoms with E-state index in [0.717, 1.165) is 45.3 Å². The summed E-state index contributed by atoms with van der Waals surface area (Å²) in [6.07, 6.45) is 7.82. The van der Waals surface area contributed by atoms with Crippen LogP contribution in [0, 0.1) is 11.3 Å². The quantitative estimate of drug-likeness (QED) is 0.334. The van der Waals surface area contributed by atoms with E-state index in [0.29, 0.717) is 36.6 Å². The van der Waals surface area contributed by atoms with Gasteiger partial charge in [-0.2, -0.15) is 0 Å². The Morgan fingerprint density at radius 1 is 1.24 bits per heavy atom. The van der Waals surface area contributed by atoms with Crippen LogP contribution in [0.1, 0.15) is 61.7 Å². The molecule has 2 amide bonds. The first kappa shape index (κ1) is 21.2. The van der Waals surface area contributed by atoms with Crippen molar-refractivity contribution in [3.8, 4) is 0 Å². The van der Waals surface area contributed by atoms with Gasteiger partial charge in [0.2, 0.25) is 5.91 Å². The van der Waals surface area contributed by atoms with Gasteiger partial charge in [0.1, 0.15) is 5.82 Å². The molecule has 8 heteroatoms. The third-order valence-electron chi connectivity index (χ3n) is 5.75. The van der Waals surface area contributed by atoms with E-state index in [4.69, 9.17) is 14.9 Å². The van der Waals surface area contributed by atoms with Crippen LogP contribution in [-0.4, -0.2) is 48.6 Å². The number of ether oxygens (including phenoxy) is 2. The number of aromatic nitrogens is 1. The molecule has 1 aliphatic carbocycles. The Morgan fingerprint density at radius 2 is 1.97 bits per heavy atom. The number of anilines is 1. The van der Waals surface area contributed by atoms with Crippen molar-refractivity contribution in [3.63, 3.8) is 0 Å². The van der Waals surface area contributed by atoms with Crippen molar-refractivity contribution in [3.05, 3.63) is 23.9 Å². The van der Waals surface area contributed by atoms with Gasteiger partial charge in [-0.3, -0.25) is 15.0 Å². The van der Waals surface area contributed by atoms with Gasteiger partial charge in [-0.1, -0.05) is 0 Å². The van der Waals surface area contributed by atoms with Gasteiger partial charge in [0, 0.05) is 37.8 Å². The van der Waals surface area contributed by atoms with Crippen LogP contribution in [0.4, 0.5) is 5.82 Å². The van der Waals surface area contributed by atoms with Crippen molar-refractivity contribution in [1.82, 2.24) is 10.3 Å². The second-order valence-corrected chi connectivity index (χ2v) is 7.81. The molecule has 1 saturated heterocycles. The summed E-state index contributed by atoms with van der Waals surface area (Å²) in [5.41, 5.74) is 0.423. The molecule has 1 saturated carbocycles. The highest BCUT2D eigenvalue weighted by Crippen LogP contribution is 2.46. The van der Waals surface area contributed by atoms with Crippen LogP contribution < -0.4 is 10.6 Å². The number of rotatable bonds is 9. The number of hydrogen-bond donors (Lipinski definition) is 3. The Hall–Kier alpha value is -2.48. The lowest BCUT2D eigenvalue weighted by Crippen LogP contribution is -2.44. The highest BCUT2D eigenvalue weighted by atomic mass is 16.5. The van der Waals surface area contributed by atoms with Gasteiger partial charge in [-0.05, 0) is 56.6 Å². The molecule has 158 valence electrons. The normalized spacial score (nSPS) is 18.0. The summed E-state index contributed by atoms with van der Waals surface area (Å²) in [5, 5.41) is 13.4. The number of nitrogens with one attached hydrogen (secondary N) is 3. The van der Waals surface area contributed by atoms with Gasteiger partial charge >= 0.3 is 0 Å². The fourth-order valence-electron chi connectivity index (χ4n) is 3.80. The van der Waals surface area contributed by atoms with E-state index in [-0.39, 0.29) is 23.3 Å². The molecule has 8 nitrogen and oxygen atoms in total. The van der Waals surface area contributed by atoms with Crippen molar-refractivity contribution in [1.29, 1.82) is 5.41 Å². The summed E-state index contributed by atoms with van der Waals surface area (Å²) >= 11 is 0. The minimum absolute atomic E-state index is 0.0765. The highest BCUT2D eigenvalue weighted by Gasteiger charge is 2.50. The molecule has 1 aromatic heterocycles. The Morgan fingerprint density at radius 3 is 2.59 bits per heavy atom. The minimum Gasteiger partial charge on any atom is -0.484 e. The predicted octanol–water partition coefficient (Wildman–Crippen LogP) is 2.89. The van der Waals surface area contributed by atoms with Gasteiger partial charge in [0.15, 0.2) is 5.90 Å². The molecule has 1 aliphatic heterocycles. The fourth-order valence-corrected chi connectivity index (χ4v) is 3.80. The summed E-state index contributed by atoms with van der Waals surface area (Å²) in [7, 11) is 1.47. The van der Waals surface area contributed by atoms with Gasteiger partial charge in [0.05, 0.1) is 12.7 Å². The van der Waals surface area contributed by atoms with Crippen molar-refractivity contribution >= 4 is 23.5 Å². The molecule has 2 aliphatic rings. The van der Waals surface area contributed by atoms with Gasteiger partial charge in [-0.25, -0.2) is 4.98 Å². The summed E-state index contributed by atoms with van der Waals surface area (Å²) in [5.74, 6) is 0.905. The van der Waals surface area contributed by atoms with E-state index >= 15 is 0 Å². The van der Waals surface area contributed by atoms with Crippen LogP contribution in [0.15, 0.2) is 18.3 Å². The summed E-state index contributed by atoms with van der Waals surface area (Å²) < 4.78 is 10.2. The Labute approximate surface area is 171 Å². The van der Waals surface area contributed by atoms with Crippen LogP contribution in [0.3, 0.4) is 0 Å². The Kier molecular flexibility index (Phi) is 7.19. The lowest BCUT2D eigenvalue weighted by atomic mass is 9.89. The molecule has 3 rings (SSSR count). The number of methoxy groups -OCH3 is 1. The number of carbonyl (C=O) groups excluding carboxylic acids is 2. The average Bonchev–Trinajstić information content (AvgIpc) is 3.52. The first-order valence-electron chi connectivity index (χ1n) is 10.3. The first-order valence-corrected chi connectivity index (χ1v) is 10.3. The van der Waals surface area contributed by atoms with E-state index in [9.17, 15) is 9.59 Å². The summed E-state index contributed by atoms with van der Waals surface area (Å²) in [4.78, 5) is 28.8. The first-order chi connectivity index (χ1) is 14.0. The lowest BCUT2D eigenvalue weighted by Gasteiger charge is -2.31. The topological polar surface area (TPSA) is 113 Å². The fraction of sp³-hybridized carbons (Fsp3) is 0.619. The summed E-state index contributed by atoms with van der Waals surface area (Å²) in [6.45, 7) is 1.54. The van der Waals surface area contributed by atoms with Crippen LogP contribution in [0.2, 0.25) is 0 Å². The van der Waals surface area contributed by atoms with E-state index in [1.165, 1.54) is 13.3 Å². The third kappa shape index (κ3) is 6.00. The number of pyridine rings is 1. The molecule has 1 aromatic rings. The predicted molar refractivity (Wildman–Crippen MR) is 109 cm³/mol. The van der Waals surface area contributed by atoms with Crippen molar-refractivity contribution in [2.45, 2.75) is 56.9 Å². The second-order valence-electron chi connectivity index (χ2n) is 7.81. The van der Waals surface area contributed by atoms with E-state index < -0.39 is 0 Å². The number of carbonyl (C=O) groups is 2. The molecule has 0 spiro atoms. The molecule has 0 radical (unpaired) electrons. The number of amides is 2. The standard InChI is InChI=1S/C21H30N4O4/c1-28-17(22)4-2-3-5-19(26)24-18-7-6-15(14-23-18)20(27)25-21(10-11-21)16-8-12-29-13-9-16/h6-7,14,16,22H,2-5,8-13H2,1H3,(H,25,27)(H,23,24,26). The molecular weight excluding hydrogens is 372 g/mol. The average molecular weight is 402 g/mol. The number of unbranched alkanes of at least 4 members (excludes halogenated alkanes) is 1. The van der Waals surface area contributed by atoms with Crippen LogP contribution in [0.5, 0.6) is 0 Å². The van der Waals surface area contributed by atoms with Crippen LogP contribution >= 0.6 is 0 Å². The Bertz CT molecular complexity index is 725. The maximum Gasteiger partial charge on any atom is 0.253 e. The number of nitrogens with zero attached hydrogens (tertiary/aromatic N) is 1. The van der Waals surface area contributed by atoms with Crippen LogP contribution in [-0.2, 0) is 14.3 Å². The van der Waals surface area contributed by atoms with E-state index in [2.05, 4.69) is 15.6 Å². The Balaban J connectivity index is 1.44. The zero-order chi connectivity index (χ0) is 20.7. The molecule has 29 heavy (non-hydrogen) atoms. The smallest absolute Gasteiger partial charge is 0.253 e. The van der Waals surface area contributed by atoms with Crippen LogP contribution in [0.25, 0.3) is 0 Å². The van der Waals surface area contributed by atoms with E-state index in [1.807, 2.05) is 0 Å². The second kappa shape index (κ2) is 9.82.